The average molecular weight is 301 g/mol. The standard InChI is InChI=1S/C11H15N3O3S2/c15-9(10-18-4-1-5-19-10)14-3-2-7(6-14)8-12-11(16)17-13-8/h7,10H,1-6H2,(H,12,13,16). The number of likely N-dealkylation sites (tertiary alicyclic amines) is 1. The van der Waals surface area contributed by atoms with Crippen LogP contribution in [0.4, 0.5) is 0 Å². The third-order valence-corrected chi connectivity index (χ3v) is 6.25. The highest BCUT2D eigenvalue weighted by molar-refractivity contribution is 8.18. The Morgan fingerprint density at radius 2 is 2.21 bits per heavy atom. The molecule has 0 bridgehead atoms. The number of H-pyrrole nitrogens is 1. The van der Waals surface area contributed by atoms with Gasteiger partial charge in [0, 0.05) is 19.0 Å². The van der Waals surface area contributed by atoms with Crippen LogP contribution in [0.25, 0.3) is 0 Å². The summed E-state index contributed by atoms with van der Waals surface area (Å²) in [6.45, 7) is 1.36. The van der Waals surface area contributed by atoms with Gasteiger partial charge in [-0.3, -0.25) is 14.3 Å². The Kier molecular flexibility index (Phi) is 3.88. The number of thioether (sulfide) groups is 2. The fourth-order valence-electron chi connectivity index (χ4n) is 2.38. The molecule has 8 heteroatoms. The molecule has 104 valence electrons. The Hall–Kier alpha value is -0.890. The molecule has 0 aliphatic carbocycles. The fraction of sp³-hybridized carbons (Fsp3) is 0.727. The summed E-state index contributed by atoms with van der Waals surface area (Å²) in [5.41, 5.74) is 0. The SMILES string of the molecule is O=C(C1SCCCS1)N1CCC(c2noc(=O)[nH]2)C1. The van der Waals surface area contributed by atoms with Gasteiger partial charge in [0.15, 0.2) is 5.82 Å². The van der Waals surface area contributed by atoms with E-state index in [1.807, 2.05) is 4.90 Å². The molecule has 2 aliphatic heterocycles. The number of aromatic nitrogens is 2. The van der Waals surface area contributed by atoms with Gasteiger partial charge in [0.1, 0.15) is 4.58 Å². The molecule has 19 heavy (non-hydrogen) atoms. The largest absolute Gasteiger partial charge is 0.438 e. The lowest BCUT2D eigenvalue weighted by atomic mass is 10.1. The normalized spacial score (nSPS) is 24.8. The Bertz CT molecular complexity index is 509. The topological polar surface area (TPSA) is 79.2 Å². The summed E-state index contributed by atoms with van der Waals surface area (Å²) in [7, 11) is 0. The highest BCUT2D eigenvalue weighted by atomic mass is 32.2. The summed E-state index contributed by atoms with van der Waals surface area (Å²) in [6, 6.07) is 0. The van der Waals surface area contributed by atoms with E-state index in [1.54, 1.807) is 23.5 Å². The third-order valence-electron chi connectivity index (χ3n) is 3.37. The molecule has 2 saturated heterocycles. The number of aromatic amines is 1. The van der Waals surface area contributed by atoms with Crippen LogP contribution in [-0.4, -0.2) is 50.1 Å². The van der Waals surface area contributed by atoms with Crippen molar-refractivity contribution in [1.82, 2.24) is 15.0 Å². The smallest absolute Gasteiger partial charge is 0.340 e. The Balaban J connectivity index is 1.62. The molecule has 1 N–H and O–H groups in total. The van der Waals surface area contributed by atoms with Crippen molar-refractivity contribution in [3.8, 4) is 0 Å². The summed E-state index contributed by atoms with van der Waals surface area (Å²) in [4.78, 5) is 27.7. The van der Waals surface area contributed by atoms with E-state index < -0.39 is 5.76 Å². The molecule has 2 aliphatic rings. The second-order valence-corrected chi connectivity index (χ2v) is 7.40. The van der Waals surface area contributed by atoms with Gasteiger partial charge in [-0.05, 0) is 24.3 Å². The van der Waals surface area contributed by atoms with Crippen LogP contribution in [0.3, 0.4) is 0 Å². The maximum atomic E-state index is 12.4. The molecule has 1 atom stereocenters. The van der Waals surface area contributed by atoms with Gasteiger partial charge in [0.2, 0.25) is 5.91 Å². The van der Waals surface area contributed by atoms with Crippen molar-refractivity contribution in [2.75, 3.05) is 24.6 Å². The van der Waals surface area contributed by atoms with E-state index in [2.05, 4.69) is 14.7 Å². The van der Waals surface area contributed by atoms with Crippen LogP contribution in [0.1, 0.15) is 24.6 Å². The lowest BCUT2D eigenvalue weighted by molar-refractivity contribution is -0.128. The van der Waals surface area contributed by atoms with Crippen molar-refractivity contribution in [2.24, 2.45) is 0 Å². The maximum Gasteiger partial charge on any atom is 0.438 e. The molecular weight excluding hydrogens is 286 g/mol. The molecule has 0 spiro atoms. The second-order valence-electron chi connectivity index (χ2n) is 4.68. The highest BCUT2D eigenvalue weighted by Crippen LogP contribution is 2.34. The summed E-state index contributed by atoms with van der Waals surface area (Å²) < 4.78 is 4.56. The number of hydrogen-bond acceptors (Lipinski definition) is 6. The predicted molar refractivity (Wildman–Crippen MR) is 74.4 cm³/mol. The molecule has 1 amide bonds. The number of hydrogen-bond donors (Lipinski definition) is 1. The minimum atomic E-state index is -0.529. The van der Waals surface area contributed by atoms with Crippen LogP contribution >= 0.6 is 23.5 Å². The number of carbonyl (C=O) groups excluding carboxylic acids is 1. The summed E-state index contributed by atoms with van der Waals surface area (Å²) in [6.07, 6.45) is 2.01. The lowest BCUT2D eigenvalue weighted by Crippen LogP contribution is -2.35. The van der Waals surface area contributed by atoms with Gasteiger partial charge in [-0.1, -0.05) is 5.16 Å². The third kappa shape index (κ3) is 2.84. The maximum absolute atomic E-state index is 12.4. The van der Waals surface area contributed by atoms with Gasteiger partial charge in [-0.15, -0.1) is 23.5 Å². The van der Waals surface area contributed by atoms with E-state index in [9.17, 15) is 9.59 Å². The first-order valence-corrected chi connectivity index (χ1v) is 8.41. The second kappa shape index (κ2) is 5.62. The molecule has 1 aromatic rings. The number of amides is 1. The average Bonchev–Trinajstić information content (AvgIpc) is 3.07. The number of rotatable bonds is 2. The van der Waals surface area contributed by atoms with Crippen LogP contribution in [-0.2, 0) is 4.79 Å². The minimum Gasteiger partial charge on any atom is -0.340 e. The number of nitrogens with one attached hydrogen (secondary N) is 1. The van der Waals surface area contributed by atoms with Gasteiger partial charge in [0.25, 0.3) is 0 Å². The molecule has 0 saturated carbocycles. The van der Waals surface area contributed by atoms with Gasteiger partial charge < -0.3 is 4.90 Å². The van der Waals surface area contributed by atoms with Gasteiger partial charge in [-0.2, -0.15) is 0 Å². The van der Waals surface area contributed by atoms with Crippen molar-refractivity contribution in [3.63, 3.8) is 0 Å². The van der Waals surface area contributed by atoms with Gasteiger partial charge in [-0.25, -0.2) is 4.79 Å². The number of nitrogens with zero attached hydrogens (tertiary/aromatic N) is 2. The zero-order chi connectivity index (χ0) is 13.2. The molecule has 3 heterocycles. The van der Waals surface area contributed by atoms with Crippen LogP contribution in [0, 0.1) is 0 Å². The molecule has 2 fully saturated rings. The first-order chi connectivity index (χ1) is 9.24. The molecule has 1 unspecified atom stereocenters. The van der Waals surface area contributed by atoms with Crippen LogP contribution in [0.2, 0.25) is 0 Å². The fourth-order valence-corrected chi connectivity index (χ4v) is 5.16. The monoisotopic (exact) mass is 301 g/mol. The molecular formula is C11H15N3O3S2. The van der Waals surface area contributed by atoms with Crippen molar-refractivity contribution < 1.29 is 9.32 Å². The van der Waals surface area contributed by atoms with Crippen LogP contribution in [0.15, 0.2) is 9.32 Å². The van der Waals surface area contributed by atoms with E-state index in [1.165, 1.54) is 6.42 Å². The predicted octanol–water partition coefficient (Wildman–Crippen LogP) is 0.875. The van der Waals surface area contributed by atoms with E-state index in [4.69, 9.17) is 0 Å². The Labute approximate surface area is 118 Å². The van der Waals surface area contributed by atoms with Crippen molar-refractivity contribution in [2.45, 2.75) is 23.3 Å². The van der Waals surface area contributed by atoms with Crippen LogP contribution < -0.4 is 5.76 Å². The molecule has 6 nitrogen and oxygen atoms in total. The van der Waals surface area contributed by atoms with Gasteiger partial charge >= 0.3 is 5.76 Å². The molecule has 3 rings (SSSR count). The van der Waals surface area contributed by atoms with Crippen molar-refractivity contribution in [1.29, 1.82) is 0 Å². The molecule has 0 radical (unpaired) electrons. The molecule has 0 aromatic carbocycles. The van der Waals surface area contributed by atoms with E-state index >= 15 is 0 Å². The summed E-state index contributed by atoms with van der Waals surface area (Å²) in [5, 5.41) is 3.71. The van der Waals surface area contributed by atoms with Crippen molar-refractivity contribution in [3.05, 3.63) is 16.4 Å². The lowest BCUT2D eigenvalue weighted by Gasteiger charge is -2.25. The highest BCUT2D eigenvalue weighted by Gasteiger charge is 2.34. The first-order valence-electron chi connectivity index (χ1n) is 6.32. The molecule has 1 aromatic heterocycles. The minimum absolute atomic E-state index is 0.0452. The zero-order valence-corrected chi connectivity index (χ0v) is 12.0. The zero-order valence-electron chi connectivity index (χ0n) is 10.3. The first kappa shape index (κ1) is 13.1. The van der Waals surface area contributed by atoms with Crippen molar-refractivity contribution >= 4 is 29.4 Å². The van der Waals surface area contributed by atoms with E-state index in [-0.39, 0.29) is 16.4 Å². The van der Waals surface area contributed by atoms with Crippen LogP contribution in [0.5, 0.6) is 0 Å². The quantitative estimate of drug-likeness (QED) is 0.873. The van der Waals surface area contributed by atoms with Gasteiger partial charge in [0.05, 0.1) is 0 Å². The van der Waals surface area contributed by atoms with E-state index in [0.29, 0.717) is 12.4 Å². The Morgan fingerprint density at radius 1 is 1.42 bits per heavy atom. The number of carbonyl (C=O) groups is 1. The Morgan fingerprint density at radius 3 is 2.89 bits per heavy atom. The summed E-state index contributed by atoms with van der Waals surface area (Å²) >= 11 is 3.48. The summed E-state index contributed by atoms with van der Waals surface area (Å²) in [5.74, 6) is 2.47. The van der Waals surface area contributed by atoms with E-state index in [0.717, 1.165) is 24.5 Å².